The third-order valence-corrected chi connectivity index (χ3v) is 1.20. The Labute approximate surface area is 62.3 Å². The van der Waals surface area contributed by atoms with Gasteiger partial charge in [0.25, 0.3) is 0 Å². The smallest absolute Gasteiger partial charge is 0.339 e. The van der Waals surface area contributed by atoms with Gasteiger partial charge in [-0.3, -0.25) is 5.11 Å². The Balaban J connectivity index is 3.20. The van der Waals surface area contributed by atoms with Crippen molar-refractivity contribution in [2.45, 2.75) is 0 Å². The van der Waals surface area contributed by atoms with Gasteiger partial charge in [0.1, 0.15) is 11.3 Å². The van der Waals surface area contributed by atoms with Crippen molar-refractivity contribution < 1.29 is 20.1 Å². The molecule has 0 unspecified atom stereocenters. The Hall–Kier alpha value is -1.71. The molecule has 1 aromatic carbocycles. The summed E-state index contributed by atoms with van der Waals surface area (Å²) in [6.45, 7) is 0. The first kappa shape index (κ1) is 7.40. The largest absolute Gasteiger partial charge is 0.508 e. The average Bonchev–Trinajstić information content (AvgIpc) is 1.85. The van der Waals surface area contributed by atoms with Crippen LogP contribution in [-0.2, 0) is 5.11 Å². The van der Waals surface area contributed by atoms with Gasteiger partial charge in [0.2, 0.25) is 0 Å². The van der Waals surface area contributed by atoms with Crippen molar-refractivity contribution >= 4 is 5.97 Å². The van der Waals surface area contributed by atoms with E-state index in [4.69, 9.17) is 10.2 Å². The second-order valence-electron chi connectivity index (χ2n) is 1.99. The molecular weight excluding hydrogens is 148 g/mol. The maximum absolute atomic E-state index is 10.7. The van der Waals surface area contributed by atoms with Crippen molar-refractivity contribution in [1.82, 2.24) is 0 Å². The number of rotatable bonds is 1. The zero-order valence-corrected chi connectivity index (χ0v) is 5.44. The summed E-state index contributed by atoms with van der Waals surface area (Å²) in [4.78, 5) is 10.3. The molecule has 0 fully saturated rings. The van der Waals surface area contributed by atoms with Gasteiger partial charge in [0.05, 0.1) is 0 Å². The van der Waals surface area contributed by atoms with E-state index in [2.05, 4.69) is 0 Å². The molecule has 1 aromatic rings. The van der Waals surface area contributed by atoms with Crippen molar-refractivity contribution in [2.75, 3.05) is 0 Å². The summed E-state index contributed by atoms with van der Waals surface area (Å²) in [5.41, 5.74) is -0.331. The summed E-state index contributed by atoms with van der Waals surface area (Å²) in [5.74, 6) is -2.19. The van der Waals surface area contributed by atoms with Crippen LogP contribution in [0.1, 0.15) is 10.4 Å². The predicted molar refractivity (Wildman–Crippen MR) is 35.2 cm³/mol. The van der Waals surface area contributed by atoms with Crippen LogP contribution in [0.15, 0.2) is 18.2 Å². The highest BCUT2D eigenvalue weighted by molar-refractivity contribution is 5.90. The van der Waals surface area contributed by atoms with Crippen LogP contribution in [-0.4, -0.2) is 16.2 Å². The van der Waals surface area contributed by atoms with Gasteiger partial charge in [0, 0.05) is 6.07 Å². The topological polar surface area (TPSA) is 77.4 Å². The van der Waals surface area contributed by atoms with E-state index in [1.54, 1.807) is 0 Å². The van der Waals surface area contributed by atoms with Gasteiger partial charge in [-0.2, -0.15) is 0 Å². The summed E-state index contributed by atoms with van der Waals surface area (Å²) in [6.07, 6.45) is 0. The highest BCUT2D eigenvalue weighted by Gasteiger charge is 2.10. The highest BCUT2D eigenvalue weighted by atomic mass is 16.4. The second-order valence-corrected chi connectivity index (χ2v) is 1.99. The summed E-state index contributed by atoms with van der Waals surface area (Å²) in [6, 6.07) is 3.09. The number of benzene rings is 1. The van der Waals surface area contributed by atoms with E-state index < -0.39 is 11.7 Å². The lowest BCUT2D eigenvalue weighted by Gasteiger charge is -1.95. The Morgan fingerprint density at radius 1 is 1.36 bits per heavy atom. The van der Waals surface area contributed by atoms with E-state index in [9.17, 15) is 9.90 Å². The Morgan fingerprint density at radius 2 is 2.00 bits per heavy atom. The molecule has 1 rings (SSSR count). The number of carboxylic acid groups (broad SMARTS) is 1. The van der Waals surface area contributed by atoms with E-state index in [-0.39, 0.29) is 11.3 Å². The molecule has 0 spiro atoms. The second kappa shape index (κ2) is 2.49. The third-order valence-electron chi connectivity index (χ3n) is 1.20. The molecule has 0 aromatic heterocycles. The number of aromatic carboxylic acids is 1. The number of phenols is 1. The van der Waals surface area contributed by atoms with Crippen LogP contribution in [0.3, 0.4) is 0 Å². The lowest BCUT2D eigenvalue weighted by Crippen LogP contribution is -1.94. The van der Waals surface area contributed by atoms with Crippen molar-refractivity contribution in [2.24, 2.45) is 0 Å². The minimum atomic E-state index is -1.28. The predicted octanol–water partition coefficient (Wildman–Crippen LogP) is 1.23. The number of phenolic OH excluding ortho intramolecular Hbond substituents is 1. The standard InChI is InChI=1S/C7H5O4/c8-4-1-2-5(7(10)11)6(9)3-4/h1-3,8H,(H,10,11). The SMILES string of the molecule is [O]c1cc(O)ccc1C(=O)O. The summed E-state index contributed by atoms with van der Waals surface area (Å²) in [7, 11) is 0. The highest BCUT2D eigenvalue weighted by Crippen LogP contribution is 2.22. The molecule has 11 heavy (non-hydrogen) atoms. The molecule has 0 saturated heterocycles. The van der Waals surface area contributed by atoms with Crippen LogP contribution in [0.2, 0.25) is 0 Å². The zero-order valence-electron chi connectivity index (χ0n) is 5.44. The van der Waals surface area contributed by atoms with Gasteiger partial charge in [0.15, 0.2) is 5.75 Å². The lowest BCUT2D eigenvalue weighted by molar-refractivity contribution is 0.0692. The first-order valence-corrected chi connectivity index (χ1v) is 2.84. The minimum Gasteiger partial charge on any atom is -0.508 e. The van der Waals surface area contributed by atoms with E-state index in [0.717, 1.165) is 18.2 Å². The minimum absolute atomic E-state index is 0.222. The van der Waals surface area contributed by atoms with Crippen LogP contribution in [0.4, 0.5) is 0 Å². The van der Waals surface area contributed by atoms with Crippen molar-refractivity contribution in [3.63, 3.8) is 0 Å². The first-order valence-electron chi connectivity index (χ1n) is 2.84. The Kier molecular flexibility index (Phi) is 1.68. The molecule has 4 nitrogen and oxygen atoms in total. The molecule has 4 heteroatoms. The van der Waals surface area contributed by atoms with Crippen molar-refractivity contribution in [3.05, 3.63) is 23.8 Å². The first-order chi connectivity index (χ1) is 5.11. The molecule has 57 valence electrons. The summed E-state index contributed by atoms with van der Waals surface area (Å²) < 4.78 is 0. The number of hydrogen-bond donors (Lipinski definition) is 2. The molecule has 1 radical (unpaired) electrons. The summed E-state index contributed by atoms with van der Waals surface area (Å²) >= 11 is 0. The van der Waals surface area contributed by atoms with Gasteiger partial charge in [-0.25, -0.2) is 4.79 Å². The number of carboxylic acids is 1. The van der Waals surface area contributed by atoms with E-state index in [0.29, 0.717) is 0 Å². The fourth-order valence-electron chi connectivity index (χ4n) is 0.688. The Bertz CT molecular complexity index is 292. The lowest BCUT2D eigenvalue weighted by atomic mass is 10.2. The number of aromatic hydroxyl groups is 1. The Morgan fingerprint density at radius 3 is 2.45 bits per heavy atom. The van der Waals surface area contributed by atoms with Gasteiger partial charge < -0.3 is 10.2 Å². The quantitative estimate of drug-likeness (QED) is 0.636. The molecule has 0 saturated carbocycles. The molecule has 0 heterocycles. The van der Waals surface area contributed by atoms with Gasteiger partial charge in [-0.05, 0) is 12.1 Å². The zero-order chi connectivity index (χ0) is 8.43. The van der Waals surface area contributed by atoms with Crippen molar-refractivity contribution in [1.29, 1.82) is 0 Å². The van der Waals surface area contributed by atoms with Gasteiger partial charge >= 0.3 is 5.97 Å². The van der Waals surface area contributed by atoms with Crippen LogP contribution in [0, 0.1) is 0 Å². The molecular formula is C7H5O4. The number of carbonyl (C=O) groups is 1. The van der Waals surface area contributed by atoms with Crippen LogP contribution < -0.4 is 0 Å². The van der Waals surface area contributed by atoms with E-state index >= 15 is 0 Å². The molecule has 0 aliphatic heterocycles. The molecule has 0 atom stereocenters. The van der Waals surface area contributed by atoms with Crippen LogP contribution >= 0.6 is 0 Å². The summed E-state index contributed by atoms with van der Waals surface area (Å²) in [5, 5.41) is 27.8. The van der Waals surface area contributed by atoms with Gasteiger partial charge in [-0.15, -0.1) is 0 Å². The third kappa shape index (κ3) is 1.40. The molecule has 0 aliphatic carbocycles. The molecule has 0 aliphatic rings. The maximum Gasteiger partial charge on any atom is 0.339 e. The van der Waals surface area contributed by atoms with Crippen molar-refractivity contribution in [3.8, 4) is 11.5 Å². The maximum atomic E-state index is 10.7. The van der Waals surface area contributed by atoms with Crippen LogP contribution in [0.25, 0.3) is 0 Å². The normalized spacial score (nSPS) is 9.45. The average molecular weight is 153 g/mol. The van der Waals surface area contributed by atoms with Crippen LogP contribution in [0.5, 0.6) is 11.5 Å². The molecule has 0 bridgehead atoms. The molecule has 2 N–H and O–H groups in total. The fourth-order valence-corrected chi connectivity index (χ4v) is 0.688. The van der Waals surface area contributed by atoms with E-state index in [1.165, 1.54) is 0 Å². The number of hydrogen-bond acceptors (Lipinski definition) is 2. The monoisotopic (exact) mass is 153 g/mol. The van der Waals surface area contributed by atoms with E-state index in [1.807, 2.05) is 0 Å². The molecule has 0 amide bonds. The van der Waals surface area contributed by atoms with Gasteiger partial charge in [-0.1, -0.05) is 0 Å². The fraction of sp³-hybridized carbons (Fsp3) is 0.